The number of anilines is 2. The number of nitrogens with zero attached hydrogens (tertiary/aromatic N) is 2. The lowest BCUT2D eigenvalue weighted by atomic mass is 9.90. The van der Waals surface area contributed by atoms with Crippen LogP contribution < -0.4 is 9.96 Å². The van der Waals surface area contributed by atoms with Crippen LogP contribution in [0.25, 0.3) is 0 Å². The molecule has 0 spiro atoms. The Morgan fingerprint density at radius 3 is 2.33 bits per heavy atom. The normalized spacial score (nSPS) is 23.2. The lowest BCUT2D eigenvalue weighted by Gasteiger charge is -2.29. The van der Waals surface area contributed by atoms with Crippen molar-refractivity contribution in [2.45, 2.75) is 19.1 Å². The van der Waals surface area contributed by atoms with Crippen LogP contribution in [-0.2, 0) is 14.4 Å². The van der Waals surface area contributed by atoms with Gasteiger partial charge in [0.2, 0.25) is 5.91 Å². The minimum Gasteiger partial charge on any atom is -0.273 e. The van der Waals surface area contributed by atoms with Crippen molar-refractivity contribution in [1.29, 1.82) is 0 Å². The molecule has 2 aliphatic rings. The van der Waals surface area contributed by atoms with Crippen LogP contribution in [0.1, 0.15) is 17.2 Å². The van der Waals surface area contributed by atoms with Gasteiger partial charge in [-0.15, -0.1) is 0 Å². The van der Waals surface area contributed by atoms with Gasteiger partial charge in [-0.2, -0.15) is 0 Å². The maximum atomic E-state index is 13.6. The number of hydrogen-bond donors (Lipinski definition) is 0. The lowest BCUT2D eigenvalue weighted by molar-refractivity contribution is -0.126. The SMILES string of the molecule is Cc1ccccc1N1C(=O)[C@H]2[C@H](ON(c3ccccc3)[C@H]2c2cccc(Cl)c2)C1=O. The number of imide groups is 1. The van der Waals surface area contributed by atoms with Crippen molar-refractivity contribution in [3.05, 3.63) is 95.0 Å². The van der Waals surface area contributed by atoms with E-state index < -0.39 is 18.1 Å². The van der Waals surface area contributed by atoms with Crippen molar-refractivity contribution in [3.8, 4) is 0 Å². The van der Waals surface area contributed by atoms with E-state index in [9.17, 15) is 9.59 Å². The Hall–Kier alpha value is -3.15. The number of rotatable bonds is 3. The van der Waals surface area contributed by atoms with Gasteiger partial charge in [-0.1, -0.05) is 60.1 Å². The van der Waals surface area contributed by atoms with E-state index in [1.165, 1.54) is 4.90 Å². The van der Waals surface area contributed by atoms with Gasteiger partial charge in [0.25, 0.3) is 5.91 Å². The van der Waals surface area contributed by atoms with E-state index >= 15 is 0 Å². The number of hydrogen-bond acceptors (Lipinski definition) is 4. The first kappa shape index (κ1) is 18.9. The van der Waals surface area contributed by atoms with Crippen molar-refractivity contribution in [1.82, 2.24) is 0 Å². The van der Waals surface area contributed by atoms with Crippen LogP contribution in [0, 0.1) is 12.8 Å². The molecule has 3 aromatic carbocycles. The Kier molecular flexibility index (Phi) is 4.57. The van der Waals surface area contributed by atoms with Gasteiger partial charge >= 0.3 is 0 Å². The molecule has 2 heterocycles. The van der Waals surface area contributed by atoms with Gasteiger partial charge in [0, 0.05) is 5.02 Å². The fraction of sp³-hybridized carbons (Fsp3) is 0.167. The van der Waals surface area contributed by atoms with Gasteiger partial charge in [0.15, 0.2) is 6.10 Å². The van der Waals surface area contributed by atoms with Gasteiger partial charge in [0.1, 0.15) is 5.92 Å². The van der Waals surface area contributed by atoms with Gasteiger partial charge in [0.05, 0.1) is 17.4 Å². The van der Waals surface area contributed by atoms with Crippen molar-refractivity contribution in [3.63, 3.8) is 0 Å². The summed E-state index contributed by atoms with van der Waals surface area (Å²) in [7, 11) is 0. The highest BCUT2D eigenvalue weighted by molar-refractivity contribution is 6.30. The van der Waals surface area contributed by atoms with Crippen LogP contribution in [0.2, 0.25) is 5.02 Å². The maximum absolute atomic E-state index is 13.6. The molecule has 0 aliphatic carbocycles. The van der Waals surface area contributed by atoms with Crippen LogP contribution in [0.5, 0.6) is 0 Å². The number of carbonyl (C=O) groups is 2. The molecule has 30 heavy (non-hydrogen) atoms. The third-order valence-corrected chi connectivity index (χ3v) is 5.91. The number of aryl methyl sites for hydroxylation is 1. The van der Waals surface area contributed by atoms with Crippen LogP contribution in [0.15, 0.2) is 78.9 Å². The lowest BCUT2D eigenvalue weighted by Crippen LogP contribution is -2.37. The maximum Gasteiger partial charge on any atom is 0.266 e. The molecular formula is C24H19ClN2O3. The van der Waals surface area contributed by atoms with Crippen molar-refractivity contribution in [2.75, 3.05) is 9.96 Å². The predicted octanol–water partition coefficient (Wildman–Crippen LogP) is 4.70. The summed E-state index contributed by atoms with van der Waals surface area (Å²) in [5.41, 5.74) is 3.06. The minimum atomic E-state index is -0.888. The van der Waals surface area contributed by atoms with Crippen molar-refractivity contribution < 1.29 is 14.4 Å². The molecule has 2 saturated heterocycles. The monoisotopic (exact) mass is 418 g/mol. The van der Waals surface area contributed by atoms with Crippen LogP contribution >= 0.6 is 11.6 Å². The molecule has 0 saturated carbocycles. The molecule has 0 bridgehead atoms. The van der Waals surface area contributed by atoms with E-state index in [1.54, 1.807) is 17.2 Å². The van der Waals surface area contributed by atoms with Gasteiger partial charge < -0.3 is 0 Å². The van der Waals surface area contributed by atoms with Crippen LogP contribution in [0.4, 0.5) is 11.4 Å². The molecule has 3 aromatic rings. The second-order valence-electron chi connectivity index (χ2n) is 7.51. The molecule has 0 aromatic heterocycles. The summed E-state index contributed by atoms with van der Waals surface area (Å²) in [4.78, 5) is 34.3. The summed E-state index contributed by atoms with van der Waals surface area (Å²) >= 11 is 6.25. The van der Waals surface area contributed by atoms with E-state index in [1.807, 2.05) is 73.7 Å². The summed E-state index contributed by atoms with van der Waals surface area (Å²) in [5, 5.41) is 2.24. The molecule has 2 fully saturated rings. The molecule has 150 valence electrons. The zero-order chi connectivity index (χ0) is 20.8. The number of halogens is 1. The molecule has 6 heteroatoms. The molecular weight excluding hydrogens is 400 g/mol. The Bertz CT molecular complexity index is 1130. The first-order chi connectivity index (χ1) is 14.6. The predicted molar refractivity (Wildman–Crippen MR) is 115 cm³/mol. The van der Waals surface area contributed by atoms with Crippen molar-refractivity contribution >= 4 is 34.8 Å². The highest BCUT2D eigenvalue weighted by Crippen LogP contribution is 2.48. The van der Waals surface area contributed by atoms with E-state index in [0.717, 1.165) is 16.8 Å². The molecule has 2 amide bonds. The average Bonchev–Trinajstić information content (AvgIpc) is 3.26. The number of fused-ring (bicyclic) bond motifs is 1. The molecule has 0 radical (unpaired) electrons. The molecule has 5 nitrogen and oxygen atoms in total. The zero-order valence-corrected chi connectivity index (χ0v) is 17.0. The molecule has 5 rings (SSSR count). The second-order valence-corrected chi connectivity index (χ2v) is 7.95. The summed E-state index contributed by atoms with van der Waals surface area (Å²) in [6, 6.07) is 23.7. The number of amides is 2. The molecule has 3 atom stereocenters. The minimum absolute atomic E-state index is 0.261. The van der Waals surface area contributed by atoms with Crippen molar-refractivity contribution in [2.24, 2.45) is 5.92 Å². The van der Waals surface area contributed by atoms with E-state index in [4.69, 9.17) is 16.4 Å². The number of benzene rings is 3. The van der Waals surface area contributed by atoms with E-state index in [-0.39, 0.29) is 11.8 Å². The molecule has 2 aliphatic heterocycles. The Balaban J connectivity index is 1.61. The number of hydroxylamine groups is 1. The summed E-state index contributed by atoms with van der Waals surface area (Å²) in [6.45, 7) is 1.88. The quantitative estimate of drug-likeness (QED) is 0.578. The van der Waals surface area contributed by atoms with Gasteiger partial charge in [-0.3, -0.25) is 14.4 Å². The Labute approximate surface area is 179 Å². The highest BCUT2D eigenvalue weighted by atomic mass is 35.5. The van der Waals surface area contributed by atoms with E-state index in [2.05, 4.69) is 0 Å². The van der Waals surface area contributed by atoms with Gasteiger partial charge in [-0.05, 0) is 48.4 Å². The van der Waals surface area contributed by atoms with Gasteiger partial charge in [-0.25, -0.2) is 9.96 Å². The summed E-state index contributed by atoms with van der Waals surface area (Å²) < 4.78 is 0. The van der Waals surface area contributed by atoms with E-state index in [0.29, 0.717) is 10.7 Å². The number of para-hydroxylation sites is 2. The Morgan fingerprint density at radius 2 is 1.60 bits per heavy atom. The summed E-state index contributed by atoms with van der Waals surface area (Å²) in [6.07, 6.45) is -0.888. The Morgan fingerprint density at radius 1 is 0.867 bits per heavy atom. The summed E-state index contributed by atoms with van der Waals surface area (Å²) in [5.74, 6) is -1.27. The fourth-order valence-electron chi connectivity index (χ4n) is 4.29. The molecule has 0 unspecified atom stereocenters. The third-order valence-electron chi connectivity index (χ3n) is 5.67. The zero-order valence-electron chi connectivity index (χ0n) is 16.2. The first-order valence-corrected chi connectivity index (χ1v) is 10.1. The first-order valence-electron chi connectivity index (χ1n) is 9.76. The standard InChI is InChI=1S/C24H19ClN2O3/c1-15-8-5-6-13-19(15)26-23(28)20-21(16-9-7-10-17(25)14-16)27(30-22(20)24(26)29)18-11-3-2-4-12-18/h2-14,20-22H,1H3/t20-,21+,22+/m1/s1. The highest BCUT2D eigenvalue weighted by Gasteiger charge is 2.60. The molecule has 0 N–H and O–H groups in total. The fourth-order valence-corrected chi connectivity index (χ4v) is 4.49. The third kappa shape index (κ3) is 2.90. The number of carbonyl (C=O) groups excluding carboxylic acids is 2. The smallest absolute Gasteiger partial charge is 0.266 e. The average molecular weight is 419 g/mol. The largest absolute Gasteiger partial charge is 0.273 e. The topological polar surface area (TPSA) is 49.9 Å². The second kappa shape index (κ2) is 7.27. The van der Waals surface area contributed by atoms with Crippen LogP contribution in [0.3, 0.4) is 0 Å². The van der Waals surface area contributed by atoms with Crippen LogP contribution in [-0.4, -0.2) is 17.9 Å².